The van der Waals surface area contributed by atoms with Crippen LogP contribution in [0.5, 0.6) is 0 Å². The number of fused-ring (bicyclic) bond motifs is 1. The number of hydrogen-bond donors (Lipinski definition) is 1. The van der Waals surface area contributed by atoms with Gasteiger partial charge in [-0.1, -0.05) is 99.6 Å². The molecule has 0 spiro atoms. The average Bonchev–Trinajstić information content (AvgIpc) is 2.79. The monoisotopic (exact) mass is 448 g/mol. The SMILES string of the molecule is CC(C)(C)[Si](OCCCN1Cc2ccccc2NS1)(c1ccccc1)c1ccccc1. The molecule has 162 valence electrons. The van der Waals surface area contributed by atoms with Crippen molar-refractivity contribution < 1.29 is 4.43 Å². The van der Waals surface area contributed by atoms with E-state index in [4.69, 9.17) is 4.43 Å². The minimum Gasteiger partial charge on any atom is -0.407 e. The summed E-state index contributed by atoms with van der Waals surface area (Å²) in [5.74, 6) is 0. The molecule has 0 atom stereocenters. The minimum atomic E-state index is -2.43. The van der Waals surface area contributed by atoms with Crippen molar-refractivity contribution in [1.29, 1.82) is 0 Å². The Bertz CT molecular complexity index is 936. The highest BCUT2D eigenvalue weighted by molar-refractivity contribution is 7.98. The van der Waals surface area contributed by atoms with Gasteiger partial charge in [0.15, 0.2) is 0 Å². The zero-order chi connectivity index (χ0) is 21.7. The predicted octanol–water partition coefficient (Wildman–Crippen LogP) is 5.44. The summed E-state index contributed by atoms with van der Waals surface area (Å²) >= 11 is 1.70. The van der Waals surface area contributed by atoms with Crippen LogP contribution in [0.4, 0.5) is 5.69 Å². The van der Waals surface area contributed by atoms with Crippen LogP contribution in [0.2, 0.25) is 5.04 Å². The zero-order valence-electron chi connectivity index (χ0n) is 18.7. The predicted molar refractivity (Wildman–Crippen MR) is 136 cm³/mol. The van der Waals surface area contributed by atoms with Crippen molar-refractivity contribution in [3.05, 3.63) is 90.5 Å². The molecule has 0 radical (unpaired) electrons. The molecule has 0 bridgehead atoms. The fourth-order valence-corrected chi connectivity index (χ4v) is 9.90. The summed E-state index contributed by atoms with van der Waals surface area (Å²) in [6, 6.07) is 30.3. The lowest BCUT2D eigenvalue weighted by atomic mass is 10.2. The Morgan fingerprint density at radius 3 is 2.06 bits per heavy atom. The van der Waals surface area contributed by atoms with Gasteiger partial charge in [-0.15, -0.1) is 0 Å². The third-order valence-electron chi connectivity index (χ3n) is 5.94. The molecule has 4 rings (SSSR count). The molecule has 0 saturated carbocycles. The van der Waals surface area contributed by atoms with Gasteiger partial charge in [0.05, 0.1) is 0 Å². The molecule has 3 aromatic rings. The van der Waals surface area contributed by atoms with Crippen LogP contribution in [0, 0.1) is 0 Å². The van der Waals surface area contributed by atoms with Crippen LogP contribution >= 0.6 is 12.1 Å². The standard InChI is InChI=1S/C26H32N2OSSi/c1-26(2,3)31(23-14-6-4-7-15-23,24-16-8-5-9-17-24)29-20-12-19-28-21-22-13-10-11-18-25(22)27-30-28/h4-11,13-18,27H,12,19-21H2,1-3H3. The molecule has 1 heterocycles. The topological polar surface area (TPSA) is 24.5 Å². The van der Waals surface area contributed by atoms with Gasteiger partial charge in [-0.2, -0.15) is 0 Å². The Morgan fingerprint density at radius 2 is 1.45 bits per heavy atom. The largest absolute Gasteiger partial charge is 0.407 e. The maximum Gasteiger partial charge on any atom is 0.261 e. The molecule has 3 aromatic carbocycles. The normalized spacial score (nSPS) is 14.7. The Kier molecular flexibility index (Phi) is 6.87. The summed E-state index contributed by atoms with van der Waals surface area (Å²) in [4.78, 5) is 0. The van der Waals surface area contributed by atoms with Crippen molar-refractivity contribution in [1.82, 2.24) is 4.31 Å². The number of nitrogens with one attached hydrogen (secondary N) is 1. The second-order valence-electron chi connectivity index (χ2n) is 9.08. The van der Waals surface area contributed by atoms with Crippen molar-refractivity contribution >= 4 is 36.5 Å². The van der Waals surface area contributed by atoms with Crippen molar-refractivity contribution in [3.8, 4) is 0 Å². The lowest BCUT2D eigenvalue weighted by Crippen LogP contribution is -2.66. The highest BCUT2D eigenvalue weighted by Crippen LogP contribution is 2.37. The van der Waals surface area contributed by atoms with E-state index < -0.39 is 8.32 Å². The minimum absolute atomic E-state index is 0.0239. The van der Waals surface area contributed by atoms with Crippen LogP contribution in [-0.4, -0.2) is 25.8 Å². The van der Waals surface area contributed by atoms with E-state index in [2.05, 4.69) is 115 Å². The van der Waals surface area contributed by atoms with Gasteiger partial charge in [-0.3, -0.25) is 0 Å². The van der Waals surface area contributed by atoms with E-state index in [0.717, 1.165) is 26.1 Å². The molecule has 3 nitrogen and oxygen atoms in total. The van der Waals surface area contributed by atoms with E-state index in [-0.39, 0.29) is 5.04 Å². The number of hydrogen-bond acceptors (Lipinski definition) is 4. The van der Waals surface area contributed by atoms with Gasteiger partial charge < -0.3 is 9.15 Å². The first-order chi connectivity index (χ1) is 15.0. The molecule has 0 unspecified atom stereocenters. The van der Waals surface area contributed by atoms with E-state index >= 15 is 0 Å². The molecule has 1 aliphatic heterocycles. The number of para-hydroxylation sites is 1. The Hall–Kier alpha value is -2.05. The smallest absolute Gasteiger partial charge is 0.261 e. The van der Waals surface area contributed by atoms with E-state index in [1.807, 2.05) is 0 Å². The zero-order valence-corrected chi connectivity index (χ0v) is 20.5. The van der Waals surface area contributed by atoms with Gasteiger partial charge >= 0.3 is 0 Å². The van der Waals surface area contributed by atoms with Crippen molar-refractivity contribution in [2.45, 2.75) is 38.8 Å². The van der Waals surface area contributed by atoms with Gasteiger partial charge in [0.25, 0.3) is 8.32 Å². The fourth-order valence-electron chi connectivity index (χ4n) is 4.45. The molecule has 1 N–H and O–H groups in total. The summed E-state index contributed by atoms with van der Waals surface area (Å²) in [5, 5.41) is 2.71. The lowest BCUT2D eigenvalue weighted by molar-refractivity contribution is 0.276. The molecule has 0 aliphatic carbocycles. The first-order valence-electron chi connectivity index (χ1n) is 11.0. The number of anilines is 1. The number of rotatable bonds is 7. The van der Waals surface area contributed by atoms with Gasteiger partial charge in [0.1, 0.15) is 0 Å². The fraction of sp³-hybridized carbons (Fsp3) is 0.308. The Balaban J connectivity index is 1.50. The summed E-state index contributed by atoms with van der Waals surface area (Å²) in [5.41, 5.74) is 2.58. The molecular formula is C26H32N2OSSi. The van der Waals surface area contributed by atoms with E-state index in [1.54, 1.807) is 12.1 Å². The second kappa shape index (κ2) is 9.61. The number of benzene rings is 3. The van der Waals surface area contributed by atoms with Crippen LogP contribution in [0.1, 0.15) is 32.8 Å². The Labute approximate surface area is 192 Å². The maximum absolute atomic E-state index is 7.01. The molecule has 0 amide bonds. The first kappa shape index (κ1) is 22.2. The van der Waals surface area contributed by atoms with Crippen LogP contribution in [-0.2, 0) is 11.0 Å². The van der Waals surface area contributed by atoms with Crippen LogP contribution < -0.4 is 15.1 Å². The van der Waals surface area contributed by atoms with Crippen LogP contribution in [0.15, 0.2) is 84.9 Å². The highest BCUT2D eigenvalue weighted by atomic mass is 32.2. The highest BCUT2D eigenvalue weighted by Gasteiger charge is 2.49. The van der Waals surface area contributed by atoms with Gasteiger partial charge in [-0.05, 0) is 33.5 Å². The summed E-state index contributed by atoms with van der Waals surface area (Å²) in [6.45, 7) is 9.71. The second-order valence-corrected chi connectivity index (χ2v) is 14.3. The lowest BCUT2D eigenvalue weighted by Gasteiger charge is -2.43. The van der Waals surface area contributed by atoms with Crippen molar-refractivity contribution in [2.24, 2.45) is 0 Å². The first-order valence-corrected chi connectivity index (χ1v) is 13.7. The van der Waals surface area contributed by atoms with Gasteiger partial charge in [0.2, 0.25) is 0 Å². The molecule has 31 heavy (non-hydrogen) atoms. The molecule has 0 saturated heterocycles. The summed E-state index contributed by atoms with van der Waals surface area (Å²) in [6.07, 6.45) is 1.00. The third kappa shape index (κ3) is 4.75. The molecule has 1 aliphatic rings. The molecule has 0 aromatic heterocycles. The maximum atomic E-state index is 7.01. The molecule has 5 heteroatoms. The van der Waals surface area contributed by atoms with E-state index in [1.165, 1.54) is 21.6 Å². The van der Waals surface area contributed by atoms with E-state index in [9.17, 15) is 0 Å². The van der Waals surface area contributed by atoms with Gasteiger partial charge in [0, 0.05) is 37.5 Å². The van der Waals surface area contributed by atoms with Crippen molar-refractivity contribution in [3.63, 3.8) is 0 Å². The van der Waals surface area contributed by atoms with Crippen LogP contribution in [0.3, 0.4) is 0 Å². The Morgan fingerprint density at radius 1 is 0.871 bits per heavy atom. The van der Waals surface area contributed by atoms with Crippen molar-refractivity contribution in [2.75, 3.05) is 17.9 Å². The summed E-state index contributed by atoms with van der Waals surface area (Å²) < 4.78 is 12.9. The number of nitrogens with zero attached hydrogens (tertiary/aromatic N) is 1. The summed E-state index contributed by atoms with van der Waals surface area (Å²) in [7, 11) is -2.43. The van der Waals surface area contributed by atoms with Gasteiger partial charge in [-0.25, -0.2) is 4.31 Å². The van der Waals surface area contributed by atoms with E-state index in [0.29, 0.717) is 0 Å². The molecular weight excluding hydrogens is 416 g/mol. The third-order valence-corrected chi connectivity index (χ3v) is 11.9. The average molecular weight is 449 g/mol. The van der Waals surface area contributed by atoms with Crippen LogP contribution in [0.25, 0.3) is 0 Å². The quantitative estimate of drug-likeness (QED) is 0.295. The molecule has 0 fully saturated rings.